The summed E-state index contributed by atoms with van der Waals surface area (Å²) in [6.45, 7) is 2.73. The van der Waals surface area contributed by atoms with Crippen LogP contribution in [0.15, 0.2) is 29.3 Å². The van der Waals surface area contributed by atoms with Gasteiger partial charge in [0.2, 0.25) is 0 Å². The number of ether oxygens (including phenoxy) is 1. The van der Waals surface area contributed by atoms with Gasteiger partial charge >= 0.3 is 0 Å². The summed E-state index contributed by atoms with van der Waals surface area (Å²) in [4.78, 5) is 4.33. The summed E-state index contributed by atoms with van der Waals surface area (Å²) in [7, 11) is 3.61. The minimum atomic E-state index is 0. The van der Waals surface area contributed by atoms with Gasteiger partial charge in [-0.3, -0.25) is 4.99 Å². The van der Waals surface area contributed by atoms with Crippen molar-refractivity contribution in [3.63, 3.8) is 0 Å². The van der Waals surface area contributed by atoms with E-state index in [1.807, 2.05) is 19.2 Å². The topological polar surface area (TPSA) is 45.7 Å². The van der Waals surface area contributed by atoms with Crippen LogP contribution in [0.4, 0.5) is 0 Å². The molecule has 25 heavy (non-hydrogen) atoms. The van der Waals surface area contributed by atoms with E-state index in [0.29, 0.717) is 5.41 Å². The normalized spacial score (nSPS) is 15.9. The largest absolute Gasteiger partial charge is 0.385 e. The van der Waals surface area contributed by atoms with E-state index in [0.717, 1.165) is 49.9 Å². The second-order valence-corrected chi connectivity index (χ2v) is 7.12. The number of halogens is 2. The molecule has 142 valence electrons. The second kappa shape index (κ2) is 12.0. The number of nitrogens with one attached hydrogen (secondary N) is 2. The molecular weight excluding hydrogens is 449 g/mol. The first kappa shape index (κ1) is 22.5. The number of nitrogens with zero attached hydrogens (tertiary/aromatic N) is 1. The Morgan fingerprint density at radius 3 is 2.52 bits per heavy atom. The molecule has 1 aromatic carbocycles. The van der Waals surface area contributed by atoms with Crippen molar-refractivity contribution < 1.29 is 4.74 Å². The van der Waals surface area contributed by atoms with Crippen LogP contribution >= 0.6 is 35.6 Å². The summed E-state index contributed by atoms with van der Waals surface area (Å²) in [6.07, 6.45) is 7.15. The average Bonchev–Trinajstić information content (AvgIpc) is 2.57. The fraction of sp³-hybridized carbons (Fsp3) is 0.632. The smallest absolute Gasteiger partial charge is 0.190 e. The molecule has 4 nitrogen and oxygen atoms in total. The van der Waals surface area contributed by atoms with Crippen molar-refractivity contribution >= 4 is 41.5 Å². The lowest BCUT2D eigenvalue weighted by Gasteiger charge is -2.42. The number of aryl methyl sites for hydroxylation is 1. The predicted octanol–water partition coefficient (Wildman–Crippen LogP) is 4.26. The number of guanidine groups is 1. The fourth-order valence-electron chi connectivity index (χ4n) is 3.15. The van der Waals surface area contributed by atoms with E-state index in [4.69, 9.17) is 16.3 Å². The van der Waals surface area contributed by atoms with E-state index < -0.39 is 0 Å². The van der Waals surface area contributed by atoms with Crippen LogP contribution in [0, 0.1) is 5.41 Å². The number of hydrogen-bond donors (Lipinski definition) is 2. The molecule has 0 aliphatic heterocycles. The van der Waals surface area contributed by atoms with Gasteiger partial charge in [-0.2, -0.15) is 0 Å². The van der Waals surface area contributed by atoms with Crippen molar-refractivity contribution in [2.24, 2.45) is 10.4 Å². The number of aliphatic imine (C=N–C) groups is 1. The zero-order valence-corrected chi connectivity index (χ0v) is 18.4. The van der Waals surface area contributed by atoms with Crippen molar-refractivity contribution in [1.29, 1.82) is 0 Å². The van der Waals surface area contributed by atoms with Gasteiger partial charge in [0, 0.05) is 38.9 Å². The quantitative estimate of drug-likeness (QED) is 0.241. The maximum Gasteiger partial charge on any atom is 0.190 e. The molecule has 0 radical (unpaired) electrons. The molecule has 1 aromatic rings. The molecule has 0 spiro atoms. The molecule has 1 aliphatic rings. The van der Waals surface area contributed by atoms with Gasteiger partial charge in [-0.05, 0) is 55.2 Å². The summed E-state index contributed by atoms with van der Waals surface area (Å²) in [5.41, 5.74) is 1.72. The number of methoxy groups -OCH3 is 1. The van der Waals surface area contributed by atoms with E-state index in [1.54, 1.807) is 7.11 Å². The summed E-state index contributed by atoms with van der Waals surface area (Å²) in [5.74, 6) is 0.898. The van der Waals surface area contributed by atoms with Crippen LogP contribution in [-0.4, -0.2) is 39.8 Å². The van der Waals surface area contributed by atoms with E-state index in [2.05, 4.69) is 27.8 Å². The van der Waals surface area contributed by atoms with Crippen LogP contribution in [0.25, 0.3) is 0 Å². The highest BCUT2D eigenvalue weighted by Gasteiger charge is 2.36. The van der Waals surface area contributed by atoms with Gasteiger partial charge < -0.3 is 15.4 Å². The lowest BCUT2D eigenvalue weighted by Crippen LogP contribution is -2.47. The SMILES string of the molecule is CN=C(NCCCc1ccc(Cl)cc1)NCC1(CCOC)CCC1.I. The molecule has 1 saturated carbocycles. The van der Waals surface area contributed by atoms with Gasteiger partial charge in [0.05, 0.1) is 0 Å². The molecule has 0 aromatic heterocycles. The first-order valence-corrected chi connectivity index (χ1v) is 9.23. The highest BCUT2D eigenvalue weighted by molar-refractivity contribution is 14.0. The monoisotopic (exact) mass is 479 g/mol. The molecule has 2 rings (SSSR count). The van der Waals surface area contributed by atoms with E-state index in [-0.39, 0.29) is 24.0 Å². The predicted molar refractivity (Wildman–Crippen MR) is 117 cm³/mol. The zero-order chi connectivity index (χ0) is 17.3. The van der Waals surface area contributed by atoms with Gasteiger partial charge in [-0.1, -0.05) is 30.2 Å². The first-order chi connectivity index (χ1) is 11.7. The lowest BCUT2D eigenvalue weighted by molar-refractivity contribution is 0.0732. The summed E-state index contributed by atoms with van der Waals surface area (Å²) in [5, 5.41) is 7.69. The van der Waals surface area contributed by atoms with Gasteiger partial charge in [-0.15, -0.1) is 24.0 Å². The van der Waals surface area contributed by atoms with Crippen LogP contribution in [0.2, 0.25) is 5.02 Å². The number of hydrogen-bond acceptors (Lipinski definition) is 2. The Morgan fingerprint density at radius 1 is 1.24 bits per heavy atom. The Balaban J connectivity index is 0.00000312. The fourth-order valence-corrected chi connectivity index (χ4v) is 3.28. The van der Waals surface area contributed by atoms with Crippen LogP contribution in [0.3, 0.4) is 0 Å². The molecule has 0 unspecified atom stereocenters. The third-order valence-corrected chi connectivity index (χ3v) is 5.21. The van der Waals surface area contributed by atoms with E-state index >= 15 is 0 Å². The molecule has 1 aliphatic carbocycles. The average molecular weight is 480 g/mol. The van der Waals surface area contributed by atoms with Crippen molar-refractivity contribution in [3.8, 4) is 0 Å². The Kier molecular flexibility index (Phi) is 10.8. The molecule has 0 bridgehead atoms. The number of rotatable bonds is 9. The molecule has 6 heteroatoms. The summed E-state index contributed by atoms with van der Waals surface area (Å²) >= 11 is 5.91. The van der Waals surface area contributed by atoms with Crippen LogP contribution in [0.1, 0.15) is 37.7 Å². The van der Waals surface area contributed by atoms with Crippen molar-refractivity contribution in [2.45, 2.75) is 38.5 Å². The van der Waals surface area contributed by atoms with Crippen molar-refractivity contribution in [1.82, 2.24) is 10.6 Å². The standard InChI is InChI=1S/C19H30ClN3O.HI/c1-21-18(23-15-19(10-4-11-19)12-14-24-2)22-13-3-5-16-6-8-17(20)9-7-16;/h6-9H,3-5,10-15H2,1-2H3,(H2,21,22,23);1H. The zero-order valence-electron chi connectivity index (χ0n) is 15.3. The van der Waals surface area contributed by atoms with Crippen molar-refractivity contribution in [2.75, 3.05) is 33.9 Å². The van der Waals surface area contributed by atoms with Crippen LogP contribution in [-0.2, 0) is 11.2 Å². The minimum Gasteiger partial charge on any atom is -0.385 e. The summed E-state index contributed by atoms with van der Waals surface area (Å²) in [6, 6.07) is 8.07. The second-order valence-electron chi connectivity index (χ2n) is 6.68. The highest BCUT2D eigenvalue weighted by Crippen LogP contribution is 2.43. The Bertz CT molecular complexity index is 518. The van der Waals surface area contributed by atoms with Gasteiger partial charge in [-0.25, -0.2) is 0 Å². The first-order valence-electron chi connectivity index (χ1n) is 8.85. The third-order valence-electron chi connectivity index (χ3n) is 4.95. The maximum absolute atomic E-state index is 5.91. The molecular formula is C19H31ClIN3O. The molecule has 1 fully saturated rings. The van der Waals surface area contributed by atoms with Gasteiger partial charge in [0.1, 0.15) is 0 Å². The molecule has 0 atom stereocenters. The van der Waals surface area contributed by atoms with Crippen LogP contribution < -0.4 is 10.6 Å². The molecule has 0 heterocycles. The van der Waals surface area contributed by atoms with Gasteiger partial charge in [0.15, 0.2) is 5.96 Å². The minimum absolute atomic E-state index is 0. The van der Waals surface area contributed by atoms with E-state index in [1.165, 1.54) is 24.8 Å². The Hall–Kier alpha value is -0.530. The summed E-state index contributed by atoms with van der Waals surface area (Å²) < 4.78 is 5.25. The Morgan fingerprint density at radius 2 is 1.96 bits per heavy atom. The molecule has 2 N–H and O–H groups in total. The maximum atomic E-state index is 5.91. The van der Waals surface area contributed by atoms with Gasteiger partial charge in [0.25, 0.3) is 0 Å². The van der Waals surface area contributed by atoms with E-state index in [9.17, 15) is 0 Å². The highest BCUT2D eigenvalue weighted by atomic mass is 127. The Labute approximate surface area is 174 Å². The molecule has 0 saturated heterocycles. The van der Waals surface area contributed by atoms with Crippen molar-refractivity contribution in [3.05, 3.63) is 34.9 Å². The third kappa shape index (κ3) is 7.71. The van der Waals surface area contributed by atoms with Crippen LogP contribution in [0.5, 0.6) is 0 Å². The lowest BCUT2D eigenvalue weighted by atomic mass is 9.67. The number of benzene rings is 1. The molecule has 0 amide bonds.